The van der Waals surface area contributed by atoms with E-state index in [-0.39, 0.29) is 5.92 Å². The SMILES string of the molecule is CNC(C1CCCN(C)C1)C1CC1C(=O)O. The number of carboxylic acids is 1. The maximum atomic E-state index is 10.9. The van der Waals surface area contributed by atoms with Crippen molar-refractivity contribution in [3.05, 3.63) is 0 Å². The van der Waals surface area contributed by atoms with Crippen LogP contribution in [0.3, 0.4) is 0 Å². The van der Waals surface area contributed by atoms with Crippen LogP contribution in [0.25, 0.3) is 0 Å². The van der Waals surface area contributed by atoms with Gasteiger partial charge in [-0.05, 0) is 51.7 Å². The van der Waals surface area contributed by atoms with Gasteiger partial charge in [-0.1, -0.05) is 0 Å². The van der Waals surface area contributed by atoms with Crippen LogP contribution in [0.4, 0.5) is 0 Å². The molecule has 2 aliphatic rings. The van der Waals surface area contributed by atoms with Crippen LogP contribution in [0.5, 0.6) is 0 Å². The van der Waals surface area contributed by atoms with Gasteiger partial charge in [0.15, 0.2) is 0 Å². The van der Waals surface area contributed by atoms with E-state index in [1.165, 1.54) is 19.4 Å². The first-order chi connectivity index (χ1) is 7.63. The number of carbonyl (C=O) groups is 1. The Kier molecular flexibility index (Phi) is 3.50. The first-order valence-electron chi connectivity index (χ1n) is 6.22. The average molecular weight is 226 g/mol. The molecule has 1 saturated heterocycles. The lowest BCUT2D eigenvalue weighted by molar-refractivity contribution is -0.139. The Hall–Kier alpha value is -0.610. The zero-order valence-electron chi connectivity index (χ0n) is 10.1. The largest absolute Gasteiger partial charge is 0.481 e. The highest BCUT2D eigenvalue weighted by atomic mass is 16.4. The first kappa shape index (κ1) is 11.9. The third-order valence-electron chi connectivity index (χ3n) is 4.12. The zero-order valence-corrected chi connectivity index (χ0v) is 10.1. The quantitative estimate of drug-likeness (QED) is 0.738. The molecule has 1 aliphatic heterocycles. The van der Waals surface area contributed by atoms with Crippen molar-refractivity contribution in [2.75, 3.05) is 27.2 Å². The van der Waals surface area contributed by atoms with Gasteiger partial charge in [-0.3, -0.25) is 4.79 Å². The van der Waals surface area contributed by atoms with Gasteiger partial charge in [0.2, 0.25) is 0 Å². The van der Waals surface area contributed by atoms with Crippen LogP contribution in [-0.4, -0.2) is 49.2 Å². The van der Waals surface area contributed by atoms with Crippen molar-refractivity contribution in [2.45, 2.75) is 25.3 Å². The van der Waals surface area contributed by atoms with Gasteiger partial charge in [0.1, 0.15) is 0 Å². The lowest BCUT2D eigenvalue weighted by atomic mass is 9.87. The van der Waals surface area contributed by atoms with Crippen molar-refractivity contribution < 1.29 is 9.90 Å². The standard InChI is InChI=1S/C12H22N2O2/c1-13-11(9-6-10(9)12(15)16)8-4-3-5-14(2)7-8/h8-11,13H,3-7H2,1-2H3,(H,15,16). The van der Waals surface area contributed by atoms with Gasteiger partial charge >= 0.3 is 5.97 Å². The monoisotopic (exact) mass is 226 g/mol. The van der Waals surface area contributed by atoms with E-state index in [2.05, 4.69) is 17.3 Å². The van der Waals surface area contributed by atoms with Crippen LogP contribution >= 0.6 is 0 Å². The second kappa shape index (κ2) is 4.72. The number of nitrogens with one attached hydrogen (secondary N) is 1. The summed E-state index contributed by atoms with van der Waals surface area (Å²) in [4.78, 5) is 13.3. The van der Waals surface area contributed by atoms with E-state index in [9.17, 15) is 4.79 Å². The summed E-state index contributed by atoms with van der Waals surface area (Å²) in [7, 11) is 4.12. The van der Waals surface area contributed by atoms with E-state index in [4.69, 9.17) is 5.11 Å². The maximum Gasteiger partial charge on any atom is 0.306 e. The fourth-order valence-electron chi connectivity index (χ4n) is 3.19. The summed E-state index contributed by atoms with van der Waals surface area (Å²) >= 11 is 0. The minimum atomic E-state index is -0.616. The summed E-state index contributed by atoms with van der Waals surface area (Å²) in [6.45, 7) is 2.29. The van der Waals surface area contributed by atoms with Crippen molar-refractivity contribution in [3.8, 4) is 0 Å². The molecule has 0 aromatic rings. The van der Waals surface area contributed by atoms with E-state index in [0.717, 1.165) is 13.0 Å². The Morgan fingerprint density at radius 1 is 1.56 bits per heavy atom. The summed E-state index contributed by atoms with van der Waals surface area (Å²) < 4.78 is 0. The van der Waals surface area contributed by atoms with Crippen LogP contribution in [0.2, 0.25) is 0 Å². The summed E-state index contributed by atoms with van der Waals surface area (Å²) in [5.74, 6) is 0.274. The predicted octanol–water partition coefficient (Wildman–Crippen LogP) is 0.637. The second-order valence-electron chi connectivity index (χ2n) is 5.32. The number of hydrogen-bond acceptors (Lipinski definition) is 3. The van der Waals surface area contributed by atoms with E-state index in [1.807, 2.05) is 7.05 Å². The third-order valence-corrected chi connectivity index (χ3v) is 4.12. The van der Waals surface area contributed by atoms with Crippen LogP contribution in [0, 0.1) is 17.8 Å². The van der Waals surface area contributed by atoms with Gasteiger partial charge in [-0.2, -0.15) is 0 Å². The average Bonchev–Trinajstić information content (AvgIpc) is 2.99. The predicted molar refractivity (Wildman–Crippen MR) is 62.3 cm³/mol. The van der Waals surface area contributed by atoms with Crippen LogP contribution < -0.4 is 5.32 Å². The number of rotatable bonds is 4. The smallest absolute Gasteiger partial charge is 0.306 e. The highest BCUT2D eigenvalue weighted by Crippen LogP contribution is 2.44. The van der Waals surface area contributed by atoms with Crippen molar-refractivity contribution in [3.63, 3.8) is 0 Å². The second-order valence-corrected chi connectivity index (χ2v) is 5.32. The molecule has 2 rings (SSSR count). The molecule has 4 unspecified atom stereocenters. The molecule has 4 heteroatoms. The highest BCUT2D eigenvalue weighted by Gasteiger charge is 2.49. The van der Waals surface area contributed by atoms with Crippen molar-refractivity contribution in [1.82, 2.24) is 10.2 Å². The molecule has 0 radical (unpaired) electrons. The van der Waals surface area contributed by atoms with Crippen molar-refractivity contribution in [2.24, 2.45) is 17.8 Å². The van der Waals surface area contributed by atoms with Crippen LogP contribution in [-0.2, 0) is 4.79 Å². The summed E-state index contributed by atoms with van der Waals surface area (Å²) in [5.41, 5.74) is 0. The van der Waals surface area contributed by atoms with E-state index >= 15 is 0 Å². The minimum Gasteiger partial charge on any atom is -0.481 e. The molecule has 0 bridgehead atoms. The fourth-order valence-corrected chi connectivity index (χ4v) is 3.19. The Balaban J connectivity index is 1.92. The molecule has 4 atom stereocenters. The molecule has 4 nitrogen and oxygen atoms in total. The number of aliphatic carboxylic acids is 1. The number of nitrogens with zero attached hydrogens (tertiary/aromatic N) is 1. The highest BCUT2D eigenvalue weighted by molar-refractivity contribution is 5.73. The molecular weight excluding hydrogens is 204 g/mol. The van der Waals surface area contributed by atoms with Gasteiger partial charge in [0, 0.05) is 12.6 Å². The Bertz CT molecular complexity index is 270. The van der Waals surface area contributed by atoms with E-state index in [0.29, 0.717) is 17.9 Å². The molecule has 1 saturated carbocycles. The molecule has 2 fully saturated rings. The van der Waals surface area contributed by atoms with Gasteiger partial charge in [0.05, 0.1) is 5.92 Å². The van der Waals surface area contributed by atoms with Crippen molar-refractivity contribution in [1.29, 1.82) is 0 Å². The minimum absolute atomic E-state index is 0.0929. The fraction of sp³-hybridized carbons (Fsp3) is 0.917. The molecule has 16 heavy (non-hydrogen) atoms. The van der Waals surface area contributed by atoms with Crippen LogP contribution in [0.1, 0.15) is 19.3 Å². The molecule has 0 aromatic carbocycles. The van der Waals surface area contributed by atoms with Gasteiger partial charge in [0.25, 0.3) is 0 Å². The topological polar surface area (TPSA) is 52.6 Å². The zero-order chi connectivity index (χ0) is 11.7. The molecule has 2 N–H and O–H groups in total. The number of likely N-dealkylation sites (tertiary alicyclic amines) is 1. The molecule has 0 aromatic heterocycles. The van der Waals surface area contributed by atoms with Crippen LogP contribution in [0.15, 0.2) is 0 Å². The molecular formula is C12H22N2O2. The lowest BCUT2D eigenvalue weighted by Gasteiger charge is -2.35. The van der Waals surface area contributed by atoms with Gasteiger partial charge in [-0.25, -0.2) is 0 Å². The summed E-state index contributed by atoms with van der Waals surface area (Å²) in [6, 6.07) is 0.392. The first-order valence-corrected chi connectivity index (χ1v) is 6.22. The Morgan fingerprint density at radius 3 is 2.81 bits per heavy atom. The van der Waals surface area contributed by atoms with Gasteiger partial charge in [-0.15, -0.1) is 0 Å². The molecule has 92 valence electrons. The van der Waals surface area contributed by atoms with E-state index < -0.39 is 5.97 Å². The maximum absolute atomic E-state index is 10.9. The Labute approximate surface area is 97.0 Å². The lowest BCUT2D eigenvalue weighted by Crippen LogP contribution is -2.45. The normalized spacial score (nSPS) is 37.0. The molecule has 1 aliphatic carbocycles. The Morgan fingerprint density at radius 2 is 2.31 bits per heavy atom. The molecule has 0 spiro atoms. The number of piperidine rings is 1. The number of hydrogen-bond donors (Lipinski definition) is 2. The number of carboxylic acid groups (broad SMARTS) is 1. The molecule has 0 amide bonds. The third kappa shape index (κ3) is 2.38. The summed E-state index contributed by atoms with van der Waals surface area (Å²) in [5, 5.41) is 12.3. The van der Waals surface area contributed by atoms with Gasteiger partial charge < -0.3 is 15.3 Å². The van der Waals surface area contributed by atoms with E-state index in [1.54, 1.807) is 0 Å². The molecule has 1 heterocycles. The summed E-state index contributed by atoms with van der Waals surface area (Å²) in [6.07, 6.45) is 3.34. The van der Waals surface area contributed by atoms with Crippen molar-refractivity contribution >= 4 is 5.97 Å².